The lowest BCUT2D eigenvalue weighted by molar-refractivity contribution is -0.131. The molecule has 5 nitrogen and oxygen atoms in total. The van der Waals surface area contributed by atoms with Crippen LogP contribution < -0.4 is 9.47 Å². The Kier molecular flexibility index (Phi) is 5.35. The van der Waals surface area contributed by atoms with Crippen molar-refractivity contribution in [2.24, 2.45) is 0 Å². The minimum absolute atomic E-state index is 0.205. The fourth-order valence-corrected chi connectivity index (χ4v) is 3.67. The number of benzene rings is 1. The Labute approximate surface area is 146 Å². The molecule has 0 saturated carbocycles. The lowest BCUT2D eigenvalue weighted by Gasteiger charge is -2.20. The van der Waals surface area contributed by atoms with Gasteiger partial charge in [-0.25, -0.2) is 4.98 Å². The van der Waals surface area contributed by atoms with Crippen molar-refractivity contribution in [1.82, 2.24) is 9.88 Å². The smallest absolute Gasteiger partial charge is 0.223 e. The molecular weight excluding hydrogens is 324 g/mol. The van der Waals surface area contributed by atoms with E-state index in [1.807, 2.05) is 22.4 Å². The van der Waals surface area contributed by atoms with Crippen molar-refractivity contribution < 1.29 is 14.3 Å². The van der Waals surface area contributed by atoms with Gasteiger partial charge in [-0.05, 0) is 36.1 Å². The SMILES string of the molecule is COc1cc2c(cc1OC)CCN(C(=O)CCc1nccs1)CC2. The van der Waals surface area contributed by atoms with E-state index in [4.69, 9.17) is 9.47 Å². The number of ether oxygens (including phenoxy) is 2. The Morgan fingerprint density at radius 3 is 2.29 bits per heavy atom. The Hall–Kier alpha value is -2.08. The number of carbonyl (C=O) groups excluding carboxylic acids is 1. The first-order chi connectivity index (χ1) is 11.7. The Balaban J connectivity index is 1.65. The Morgan fingerprint density at radius 1 is 1.17 bits per heavy atom. The van der Waals surface area contributed by atoms with E-state index in [0.717, 1.165) is 48.9 Å². The molecule has 0 unspecified atom stereocenters. The van der Waals surface area contributed by atoms with Gasteiger partial charge in [-0.15, -0.1) is 11.3 Å². The second kappa shape index (κ2) is 7.66. The molecule has 1 aromatic carbocycles. The van der Waals surface area contributed by atoms with Gasteiger partial charge >= 0.3 is 0 Å². The number of hydrogen-bond donors (Lipinski definition) is 0. The van der Waals surface area contributed by atoms with Crippen molar-refractivity contribution in [3.8, 4) is 11.5 Å². The monoisotopic (exact) mass is 346 g/mol. The van der Waals surface area contributed by atoms with Crippen molar-refractivity contribution >= 4 is 17.2 Å². The highest BCUT2D eigenvalue weighted by molar-refractivity contribution is 7.09. The topological polar surface area (TPSA) is 51.7 Å². The molecule has 0 N–H and O–H groups in total. The van der Waals surface area contributed by atoms with E-state index in [1.165, 1.54) is 11.1 Å². The molecule has 2 aromatic rings. The van der Waals surface area contributed by atoms with Crippen LogP contribution in [-0.4, -0.2) is 43.1 Å². The van der Waals surface area contributed by atoms with Crippen LogP contribution in [0.2, 0.25) is 0 Å². The molecule has 128 valence electrons. The lowest BCUT2D eigenvalue weighted by atomic mass is 10.0. The number of fused-ring (bicyclic) bond motifs is 1. The lowest BCUT2D eigenvalue weighted by Crippen LogP contribution is -2.33. The van der Waals surface area contributed by atoms with Crippen LogP contribution in [0, 0.1) is 0 Å². The van der Waals surface area contributed by atoms with Crippen molar-refractivity contribution in [3.05, 3.63) is 39.8 Å². The van der Waals surface area contributed by atoms with E-state index >= 15 is 0 Å². The molecular formula is C18H22N2O3S. The van der Waals surface area contributed by atoms with E-state index < -0.39 is 0 Å². The highest BCUT2D eigenvalue weighted by atomic mass is 32.1. The van der Waals surface area contributed by atoms with Gasteiger partial charge in [0.2, 0.25) is 5.91 Å². The first-order valence-corrected chi connectivity index (χ1v) is 8.99. The highest BCUT2D eigenvalue weighted by Crippen LogP contribution is 2.32. The molecule has 24 heavy (non-hydrogen) atoms. The predicted octanol–water partition coefficient (Wildman–Crippen LogP) is 2.72. The van der Waals surface area contributed by atoms with Gasteiger partial charge in [0.1, 0.15) is 0 Å². The predicted molar refractivity (Wildman–Crippen MR) is 94.0 cm³/mol. The zero-order valence-electron chi connectivity index (χ0n) is 14.1. The fraction of sp³-hybridized carbons (Fsp3) is 0.444. The molecule has 2 heterocycles. The van der Waals surface area contributed by atoms with Crippen molar-refractivity contribution in [1.29, 1.82) is 0 Å². The minimum Gasteiger partial charge on any atom is -0.493 e. The quantitative estimate of drug-likeness (QED) is 0.835. The summed E-state index contributed by atoms with van der Waals surface area (Å²) in [5, 5.41) is 2.97. The maximum Gasteiger partial charge on any atom is 0.223 e. The van der Waals surface area contributed by atoms with E-state index in [1.54, 1.807) is 31.8 Å². The third-order valence-electron chi connectivity index (χ3n) is 4.40. The van der Waals surface area contributed by atoms with Gasteiger partial charge in [-0.2, -0.15) is 0 Å². The first-order valence-electron chi connectivity index (χ1n) is 8.11. The molecule has 0 atom stereocenters. The molecule has 3 rings (SSSR count). The number of nitrogens with zero attached hydrogens (tertiary/aromatic N) is 2. The number of aryl methyl sites for hydroxylation is 1. The summed E-state index contributed by atoms with van der Waals surface area (Å²) in [5.74, 6) is 1.71. The molecule has 1 aliphatic rings. The summed E-state index contributed by atoms with van der Waals surface area (Å²) in [7, 11) is 3.30. The number of aromatic nitrogens is 1. The van der Waals surface area contributed by atoms with Crippen LogP contribution in [0.15, 0.2) is 23.7 Å². The summed E-state index contributed by atoms with van der Waals surface area (Å²) in [6.45, 7) is 1.50. The van der Waals surface area contributed by atoms with Crippen LogP contribution in [0.1, 0.15) is 22.6 Å². The number of thiazole rings is 1. The van der Waals surface area contributed by atoms with E-state index in [0.29, 0.717) is 6.42 Å². The second-order valence-corrected chi connectivity index (χ2v) is 6.76. The number of amides is 1. The average molecular weight is 346 g/mol. The molecule has 1 amide bonds. The highest BCUT2D eigenvalue weighted by Gasteiger charge is 2.20. The normalized spacial score (nSPS) is 14.0. The van der Waals surface area contributed by atoms with E-state index in [-0.39, 0.29) is 5.91 Å². The van der Waals surface area contributed by atoms with Gasteiger partial charge in [0.25, 0.3) is 0 Å². The van der Waals surface area contributed by atoms with Gasteiger partial charge in [0.15, 0.2) is 11.5 Å². The summed E-state index contributed by atoms with van der Waals surface area (Å²) in [4.78, 5) is 18.7. The first kappa shape index (κ1) is 16.8. The second-order valence-electron chi connectivity index (χ2n) is 5.78. The molecule has 6 heteroatoms. The molecule has 0 fully saturated rings. The number of rotatable bonds is 5. The van der Waals surface area contributed by atoms with Crippen molar-refractivity contribution in [3.63, 3.8) is 0 Å². The largest absolute Gasteiger partial charge is 0.493 e. The number of methoxy groups -OCH3 is 2. The van der Waals surface area contributed by atoms with Crippen LogP contribution in [0.5, 0.6) is 11.5 Å². The van der Waals surface area contributed by atoms with Crippen molar-refractivity contribution in [2.75, 3.05) is 27.3 Å². The molecule has 0 spiro atoms. The summed E-state index contributed by atoms with van der Waals surface area (Å²) in [6, 6.07) is 4.08. The Bertz CT molecular complexity index is 666. The zero-order chi connectivity index (χ0) is 16.9. The van der Waals surface area contributed by atoms with E-state index in [9.17, 15) is 4.79 Å². The molecule has 0 bridgehead atoms. The van der Waals surface area contributed by atoms with Crippen LogP contribution in [0.3, 0.4) is 0 Å². The van der Waals surface area contributed by atoms with Crippen LogP contribution in [-0.2, 0) is 24.1 Å². The minimum atomic E-state index is 0.205. The van der Waals surface area contributed by atoms with E-state index in [2.05, 4.69) is 4.98 Å². The van der Waals surface area contributed by atoms with Crippen LogP contribution >= 0.6 is 11.3 Å². The van der Waals surface area contributed by atoms with Crippen molar-refractivity contribution in [2.45, 2.75) is 25.7 Å². The maximum atomic E-state index is 12.5. The standard InChI is InChI=1S/C18H22N2O3S/c1-22-15-11-13-5-8-20(9-6-14(13)12-16(15)23-2)18(21)4-3-17-19-7-10-24-17/h7,10-12H,3-6,8-9H2,1-2H3. The van der Waals surface area contributed by atoms with Gasteiger partial charge < -0.3 is 14.4 Å². The van der Waals surface area contributed by atoms with Gasteiger partial charge in [0.05, 0.1) is 19.2 Å². The number of carbonyl (C=O) groups is 1. The van der Waals surface area contributed by atoms with Gasteiger partial charge in [0, 0.05) is 37.5 Å². The third kappa shape index (κ3) is 3.70. The third-order valence-corrected chi connectivity index (χ3v) is 5.24. The van der Waals surface area contributed by atoms with Crippen LogP contribution in [0.25, 0.3) is 0 Å². The van der Waals surface area contributed by atoms with Crippen LogP contribution in [0.4, 0.5) is 0 Å². The summed E-state index contributed by atoms with van der Waals surface area (Å²) >= 11 is 1.60. The molecule has 0 aliphatic carbocycles. The molecule has 1 aliphatic heterocycles. The average Bonchev–Trinajstić information content (AvgIpc) is 3.04. The summed E-state index contributed by atoms with van der Waals surface area (Å²) in [6.07, 6.45) is 4.73. The Morgan fingerprint density at radius 2 is 1.79 bits per heavy atom. The molecule has 0 radical (unpaired) electrons. The maximum absolute atomic E-state index is 12.5. The fourth-order valence-electron chi connectivity index (χ4n) is 3.05. The van der Waals surface area contributed by atoms with Gasteiger partial charge in [-0.3, -0.25) is 4.79 Å². The van der Waals surface area contributed by atoms with Gasteiger partial charge in [-0.1, -0.05) is 0 Å². The summed E-state index contributed by atoms with van der Waals surface area (Å²) < 4.78 is 10.8. The zero-order valence-corrected chi connectivity index (χ0v) is 14.9. The molecule has 0 saturated heterocycles. The summed E-state index contributed by atoms with van der Waals surface area (Å²) in [5.41, 5.74) is 2.48. The number of hydrogen-bond acceptors (Lipinski definition) is 5. The molecule has 1 aromatic heterocycles.